The Balaban J connectivity index is 1.14. The van der Waals surface area contributed by atoms with Gasteiger partial charge in [-0.05, 0) is 47.7 Å². The minimum absolute atomic E-state index is 0.0582. The average molecular weight is 1080 g/mol. The maximum Gasteiger partial charge on any atom is 0.534 e. The number of anilines is 2. The molecule has 4 aliphatic heterocycles. The molecule has 2 aromatic carbocycles. The molecule has 4 amide bonds. The molecule has 0 N–H and O–H groups in total. The first-order valence-corrected chi connectivity index (χ1v) is 33.2. The lowest BCUT2D eigenvalue weighted by molar-refractivity contribution is -0.123. The van der Waals surface area contributed by atoms with Crippen LogP contribution in [0.4, 0.5) is 24.5 Å². The fourth-order valence-electron chi connectivity index (χ4n) is 8.33. The highest BCUT2D eigenvalue weighted by atomic mass is 32.2. The Morgan fingerprint density at radius 2 is 1.26 bits per heavy atom. The van der Waals surface area contributed by atoms with E-state index in [1.807, 2.05) is 24.4 Å². The van der Waals surface area contributed by atoms with E-state index in [4.69, 9.17) is 28.4 Å². The molecule has 0 saturated carbocycles. The second-order valence-electron chi connectivity index (χ2n) is 20.1. The standard InChI is InChI=1S/C48H61F3N4O13S2Si2/c1-10-31(13-14-66-41-24-35-33(22-39(41)62-2)44(56)52-26-30(43-12-11-17-69-43)20-37(52)46(58)54(35)28-64-15-18-71(4,5)6)67-42-25-36-34(23-40(42)63-3)45(57)53-27-32(68-70(60,61)48(49,50)51)21-38(53)47(59)55(36)29-65-16-19-72(7,8)9/h11-12,17,22-27,31,37-38H,10,13-16,18-21,28-29H2,1-9H3/t31?,37-,38-/m0/s1. The second kappa shape index (κ2) is 21.6. The Morgan fingerprint density at radius 3 is 1.76 bits per heavy atom. The van der Waals surface area contributed by atoms with Gasteiger partial charge in [0.1, 0.15) is 37.4 Å². The third-order valence-electron chi connectivity index (χ3n) is 12.5. The van der Waals surface area contributed by atoms with Crippen molar-refractivity contribution in [1.29, 1.82) is 0 Å². The van der Waals surface area contributed by atoms with Crippen LogP contribution in [-0.2, 0) is 33.4 Å². The zero-order chi connectivity index (χ0) is 52.5. The summed E-state index contributed by atoms with van der Waals surface area (Å²) < 4.78 is 104. The number of hydrogen-bond donors (Lipinski definition) is 0. The van der Waals surface area contributed by atoms with Gasteiger partial charge in [-0.1, -0.05) is 52.3 Å². The molecule has 0 bridgehead atoms. The van der Waals surface area contributed by atoms with E-state index in [2.05, 4.69) is 43.5 Å². The lowest BCUT2D eigenvalue weighted by Crippen LogP contribution is -2.45. The van der Waals surface area contributed by atoms with E-state index >= 15 is 0 Å². The summed E-state index contributed by atoms with van der Waals surface area (Å²) in [6.07, 6.45) is 2.38. The van der Waals surface area contributed by atoms with Crippen molar-refractivity contribution in [3.05, 3.63) is 75.9 Å². The molecule has 3 atom stereocenters. The first kappa shape index (κ1) is 54.4. The van der Waals surface area contributed by atoms with Gasteiger partial charge < -0.3 is 37.5 Å². The Morgan fingerprint density at radius 1 is 0.736 bits per heavy atom. The van der Waals surface area contributed by atoms with Gasteiger partial charge in [-0.2, -0.15) is 21.6 Å². The van der Waals surface area contributed by atoms with E-state index in [9.17, 15) is 40.8 Å². The van der Waals surface area contributed by atoms with Crippen LogP contribution >= 0.6 is 11.3 Å². The molecule has 7 rings (SSSR count). The van der Waals surface area contributed by atoms with Gasteiger partial charge in [-0.3, -0.25) is 33.9 Å². The summed E-state index contributed by atoms with van der Waals surface area (Å²) in [5.41, 5.74) is -4.33. The summed E-state index contributed by atoms with van der Waals surface area (Å²) in [6.45, 7) is 15.3. The molecular formula is C48H61F3N4O13S2Si2. The van der Waals surface area contributed by atoms with Gasteiger partial charge in [0, 0.05) is 78.0 Å². The Labute approximate surface area is 423 Å². The Kier molecular flexibility index (Phi) is 16.3. The lowest BCUT2D eigenvalue weighted by atomic mass is 10.1. The summed E-state index contributed by atoms with van der Waals surface area (Å²) in [6, 6.07) is 9.23. The molecule has 0 aliphatic carbocycles. The van der Waals surface area contributed by atoms with Gasteiger partial charge in [-0.15, -0.1) is 11.3 Å². The lowest BCUT2D eigenvalue weighted by Gasteiger charge is -2.27. The van der Waals surface area contributed by atoms with Crippen LogP contribution in [0.5, 0.6) is 23.0 Å². The molecule has 0 radical (unpaired) electrons. The topological polar surface area (TPSA) is 180 Å². The molecule has 1 aromatic heterocycles. The molecule has 0 saturated heterocycles. The number of thiophene rings is 1. The highest BCUT2D eigenvalue weighted by molar-refractivity contribution is 7.87. The van der Waals surface area contributed by atoms with Crippen LogP contribution < -0.4 is 28.7 Å². The van der Waals surface area contributed by atoms with Crippen molar-refractivity contribution in [2.75, 3.05) is 57.3 Å². The number of ether oxygens (including phenoxy) is 6. The molecule has 4 aliphatic rings. The molecule has 0 spiro atoms. The molecule has 5 heterocycles. The SMILES string of the molecule is CCC(CCOc1cc2c(cc1OC)C(=O)N1C=C(c3cccs3)C[C@H]1C(=O)N2COCC[Si](C)(C)C)Oc1cc2c(cc1OC)C(=O)N1C=C(OS(=O)(=O)C(F)(F)F)C[C@H]1C(=O)N2COCC[Si](C)(C)C. The number of nitrogens with zero attached hydrogens (tertiary/aromatic N) is 4. The van der Waals surface area contributed by atoms with Gasteiger partial charge in [0.05, 0.1) is 43.3 Å². The number of amides is 4. The summed E-state index contributed by atoms with van der Waals surface area (Å²) in [7, 11) is -6.38. The highest BCUT2D eigenvalue weighted by Crippen LogP contribution is 2.44. The van der Waals surface area contributed by atoms with Crippen LogP contribution in [0.1, 0.15) is 58.2 Å². The smallest absolute Gasteiger partial charge is 0.493 e. The molecule has 3 aromatic rings. The van der Waals surface area contributed by atoms with Crippen molar-refractivity contribution in [3.63, 3.8) is 0 Å². The number of methoxy groups -OCH3 is 2. The van der Waals surface area contributed by atoms with Crippen molar-refractivity contribution < 1.29 is 73.4 Å². The first-order chi connectivity index (χ1) is 33.8. The predicted molar refractivity (Wildman–Crippen MR) is 269 cm³/mol. The number of fused-ring (bicyclic) bond motifs is 4. The third kappa shape index (κ3) is 12.0. The second-order valence-corrected chi connectivity index (χ2v) is 33.9. The van der Waals surface area contributed by atoms with E-state index in [0.717, 1.165) is 33.6 Å². The van der Waals surface area contributed by atoms with Gasteiger partial charge >= 0.3 is 15.6 Å². The fourth-order valence-corrected chi connectivity index (χ4v) is 11.1. The molecule has 0 fully saturated rings. The van der Waals surface area contributed by atoms with Gasteiger partial charge in [0.25, 0.3) is 23.6 Å². The van der Waals surface area contributed by atoms with Crippen molar-refractivity contribution in [2.45, 2.75) is 108 Å². The zero-order valence-electron chi connectivity index (χ0n) is 41.8. The normalized spacial score (nSPS) is 18.7. The van der Waals surface area contributed by atoms with Crippen LogP contribution in [0, 0.1) is 0 Å². The minimum atomic E-state index is -6.10. The van der Waals surface area contributed by atoms with Crippen LogP contribution in [0.25, 0.3) is 5.57 Å². The summed E-state index contributed by atoms with van der Waals surface area (Å²) in [5, 5.41) is 1.95. The minimum Gasteiger partial charge on any atom is -0.493 e. The predicted octanol–water partition coefficient (Wildman–Crippen LogP) is 8.89. The third-order valence-corrected chi connectivity index (χ3v) is 17.8. The maximum absolute atomic E-state index is 14.5. The maximum atomic E-state index is 14.5. The van der Waals surface area contributed by atoms with Crippen molar-refractivity contribution in [2.24, 2.45) is 0 Å². The highest BCUT2D eigenvalue weighted by Gasteiger charge is 2.51. The van der Waals surface area contributed by atoms with Crippen molar-refractivity contribution in [3.8, 4) is 23.0 Å². The molecule has 72 heavy (non-hydrogen) atoms. The van der Waals surface area contributed by atoms with E-state index in [0.29, 0.717) is 25.1 Å². The molecular weight excluding hydrogens is 1020 g/mol. The van der Waals surface area contributed by atoms with Crippen molar-refractivity contribution >= 4 is 78.2 Å². The first-order valence-electron chi connectivity index (χ1n) is 23.5. The van der Waals surface area contributed by atoms with Gasteiger partial charge in [0.15, 0.2) is 23.0 Å². The zero-order valence-corrected chi connectivity index (χ0v) is 45.4. The summed E-state index contributed by atoms with van der Waals surface area (Å²) in [5.74, 6) is -2.26. The van der Waals surface area contributed by atoms with E-state index < -0.39 is 74.0 Å². The van der Waals surface area contributed by atoms with E-state index in [1.54, 1.807) is 18.3 Å². The van der Waals surface area contributed by atoms with E-state index in [-0.39, 0.29) is 84.7 Å². The van der Waals surface area contributed by atoms with Crippen LogP contribution in [0.15, 0.2) is 59.9 Å². The Bertz CT molecular complexity index is 2730. The summed E-state index contributed by atoms with van der Waals surface area (Å²) >= 11 is 1.53. The molecule has 24 heteroatoms. The molecule has 392 valence electrons. The molecule has 1 unspecified atom stereocenters. The number of carbonyl (C=O) groups excluding carboxylic acids is 4. The number of carbonyl (C=O) groups is 4. The Hall–Kier alpha value is -5.41. The van der Waals surface area contributed by atoms with E-state index in [1.165, 1.54) is 52.4 Å². The number of alkyl halides is 3. The van der Waals surface area contributed by atoms with Crippen LogP contribution in [0.2, 0.25) is 51.4 Å². The number of rotatable bonds is 22. The fraction of sp³-hybridized carbons (Fsp3) is 0.500. The number of benzene rings is 2. The molecule has 17 nitrogen and oxygen atoms in total. The monoisotopic (exact) mass is 1080 g/mol. The average Bonchev–Trinajstić information content (AvgIpc) is 4.08. The van der Waals surface area contributed by atoms with Crippen LogP contribution in [0.3, 0.4) is 0 Å². The van der Waals surface area contributed by atoms with Crippen LogP contribution in [-0.4, -0.2) is 129 Å². The van der Waals surface area contributed by atoms with Crippen molar-refractivity contribution in [1.82, 2.24) is 9.80 Å². The van der Waals surface area contributed by atoms with Gasteiger partial charge in [0.2, 0.25) is 0 Å². The number of hydrogen-bond acceptors (Lipinski definition) is 14. The quantitative estimate of drug-likeness (QED) is 0.0403. The van der Waals surface area contributed by atoms with Gasteiger partial charge in [-0.25, -0.2) is 0 Å². The summed E-state index contributed by atoms with van der Waals surface area (Å²) in [4.78, 5) is 63.4. The number of halogens is 3. The largest absolute Gasteiger partial charge is 0.534 e.